The van der Waals surface area contributed by atoms with Gasteiger partial charge in [-0.05, 0) is 48.3 Å². The number of carbonyl (C=O) groups is 2. The Morgan fingerprint density at radius 2 is 1.56 bits per heavy atom. The molecule has 1 heterocycles. The SMILES string of the molecule is O=C1[C@@H]2[C@@H]3C=C[C@H]([C@@H]4C[C@H]34)[C@@H]2C(=O)N1c1ccc(Cl)c(C(F)(F)F)c1. The number of carbonyl (C=O) groups excluding carboxylic acids is 2. The number of halogens is 4. The molecule has 5 aliphatic rings. The summed E-state index contributed by atoms with van der Waals surface area (Å²) in [6.45, 7) is 0. The highest BCUT2D eigenvalue weighted by molar-refractivity contribution is 6.31. The summed E-state index contributed by atoms with van der Waals surface area (Å²) in [6, 6.07) is 3.19. The monoisotopic (exact) mass is 367 g/mol. The highest BCUT2D eigenvalue weighted by atomic mass is 35.5. The van der Waals surface area contributed by atoms with Gasteiger partial charge in [0.15, 0.2) is 0 Å². The highest BCUT2D eigenvalue weighted by Gasteiger charge is 2.67. The molecule has 1 saturated heterocycles. The van der Waals surface area contributed by atoms with E-state index in [1.54, 1.807) is 0 Å². The zero-order chi connectivity index (χ0) is 17.7. The van der Waals surface area contributed by atoms with Crippen molar-refractivity contribution in [2.24, 2.45) is 35.5 Å². The first-order chi connectivity index (χ1) is 11.8. The number of nitrogens with zero attached hydrogens (tertiary/aromatic N) is 1. The Labute approximate surface area is 146 Å². The third kappa shape index (κ3) is 1.94. The maximum Gasteiger partial charge on any atom is 0.417 e. The van der Waals surface area contributed by atoms with Crippen LogP contribution in [0.4, 0.5) is 18.9 Å². The second-order valence-electron chi connectivity index (χ2n) is 7.33. The predicted molar refractivity (Wildman–Crippen MR) is 83.6 cm³/mol. The van der Waals surface area contributed by atoms with E-state index in [-0.39, 0.29) is 29.3 Å². The van der Waals surface area contributed by atoms with Crippen molar-refractivity contribution >= 4 is 29.1 Å². The zero-order valence-electron chi connectivity index (χ0n) is 12.8. The molecule has 130 valence electrons. The standard InChI is InChI=1S/C18H13ClF3NO2/c19-13-4-1-7(5-12(13)18(20,21)22)23-16(24)14-8-2-3-9(11-6-10(8)11)15(14)17(23)25/h1-5,8-11,14-15H,6H2/t8-,9-,10-,11+,14-,15+/m1/s1. The summed E-state index contributed by atoms with van der Waals surface area (Å²) in [5.74, 6) is -0.655. The van der Waals surface area contributed by atoms with Gasteiger partial charge in [0.2, 0.25) is 11.8 Å². The van der Waals surface area contributed by atoms with Crippen molar-refractivity contribution < 1.29 is 22.8 Å². The number of benzene rings is 1. The van der Waals surface area contributed by atoms with Crippen LogP contribution in [-0.2, 0) is 15.8 Å². The second kappa shape index (κ2) is 4.67. The smallest absolute Gasteiger partial charge is 0.274 e. The number of anilines is 1. The fraction of sp³-hybridized carbons (Fsp3) is 0.444. The molecule has 1 aromatic carbocycles. The Bertz CT molecular complexity index is 813. The lowest BCUT2D eigenvalue weighted by molar-refractivity contribution is -0.137. The molecule has 0 N–H and O–H groups in total. The first kappa shape index (κ1) is 15.4. The fourth-order valence-corrected chi connectivity index (χ4v) is 5.31. The number of alkyl halides is 3. The minimum atomic E-state index is -4.64. The first-order valence-electron chi connectivity index (χ1n) is 8.22. The molecule has 0 unspecified atom stereocenters. The Kier molecular flexibility index (Phi) is 2.88. The number of amides is 2. The van der Waals surface area contributed by atoms with Gasteiger partial charge in [-0.2, -0.15) is 13.2 Å². The molecule has 3 fully saturated rings. The summed E-state index contributed by atoms with van der Waals surface area (Å²) in [5, 5.41) is -0.448. The molecule has 0 aromatic heterocycles. The van der Waals surface area contributed by atoms with Gasteiger partial charge >= 0.3 is 6.18 Å². The quantitative estimate of drug-likeness (QED) is 0.557. The van der Waals surface area contributed by atoms with E-state index >= 15 is 0 Å². The van der Waals surface area contributed by atoms with Gasteiger partial charge in [-0.1, -0.05) is 23.8 Å². The summed E-state index contributed by atoms with van der Waals surface area (Å²) in [7, 11) is 0. The highest BCUT2D eigenvalue weighted by Crippen LogP contribution is 2.65. The van der Waals surface area contributed by atoms with Gasteiger partial charge in [0.25, 0.3) is 0 Å². The Morgan fingerprint density at radius 1 is 1.00 bits per heavy atom. The number of allylic oxidation sites excluding steroid dienone is 2. The third-order valence-corrected chi connectivity index (χ3v) is 6.51. The number of hydrogen-bond acceptors (Lipinski definition) is 2. The van der Waals surface area contributed by atoms with Gasteiger partial charge < -0.3 is 0 Å². The van der Waals surface area contributed by atoms with Crippen LogP contribution in [0.3, 0.4) is 0 Å². The van der Waals surface area contributed by atoms with Crippen LogP contribution in [0.2, 0.25) is 5.02 Å². The van der Waals surface area contributed by atoms with Gasteiger partial charge in [-0.3, -0.25) is 14.5 Å². The topological polar surface area (TPSA) is 37.4 Å². The normalized spacial score (nSPS) is 38.2. The lowest BCUT2D eigenvalue weighted by atomic mass is 9.63. The van der Waals surface area contributed by atoms with E-state index in [1.165, 1.54) is 6.07 Å². The molecule has 2 saturated carbocycles. The van der Waals surface area contributed by atoms with E-state index in [0.29, 0.717) is 11.8 Å². The molecule has 4 aliphatic carbocycles. The third-order valence-electron chi connectivity index (χ3n) is 6.18. The summed E-state index contributed by atoms with van der Waals surface area (Å²) < 4.78 is 39.3. The van der Waals surface area contributed by atoms with E-state index in [9.17, 15) is 22.8 Å². The molecule has 2 bridgehead atoms. The van der Waals surface area contributed by atoms with Crippen LogP contribution in [0.5, 0.6) is 0 Å². The van der Waals surface area contributed by atoms with E-state index in [4.69, 9.17) is 11.6 Å². The van der Waals surface area contributed by atoms with Crippen molar-refractivity contribution in [1.82, 2.24) is 0 Å². The van der Waals surface area contributed by atoms with Gasteiger partial charge in [0.1, 0.15) is 0 Å². The van der Waals surface area contributed by atoms with E-state index in [1.807, 2.05) is 12.2 Å². The second-order valence-corrected chi connectivity index (χ2v) is 7.74. The molecule has 0 radical (unpaired) electrons. The van der Waals surface area contributed by atoms with Crippen molar-refractivity contribution in [3.8, 4) is 0 Å². The van der Waals surface area contributed by atoms with Crippen molar-refractivity contribution in [2.45, 2.75) is 12.6 Å². The average Bonchev–Trinajstić information content (AvgIpc) is 3.32. The van der Waals surface area contributed by atoms with Crippen molar-refractivity contribution in [1.29, 1.82) is 0 Å². The largest absolute Gasteiger partial charge is 0.417 e. The molecule has 2 amide bonds. The van der Waals surface area contributed by atoms with Crippen molar-refractivity contribution in [3.05, 3.63) is 40.9 Å². The molecule has 25 heavy (non-hydrogen) atoms. The average molecular weight is 368 g/mol. The van der Waals surface area contributed by atoms with Crippen LogP contribution in [0.25, 0.3) is 0 Å². The summed E-state index contributed by atoms with van der Waals surface area (Å²) >= 11 is 5.65. The maximum absolute atomic E-state index is 13.1. The Morgan fingerprint density at radius 3 is 2.08 bits per heavy atom. The number of rotatable bonds is 1. The summed E-state index contributed by atoms with van der Waals surface area (Å²) in [5.41, 5.74) is -1.08. The molecule has 0 spiro atoms. The Balaban J connectivity index is 1.57. The minimum absolute atomic E-state index is 0.0378. The van der Waals surface area contributed by atoms with E-state index < -0.39 is 28.6 Å². The predicted octanol–water partition coefficient (Wildman–Crippen LogP) is 3.92. The lowest BCUT2D eigenvalue weighted by Crippen LogP contribution is -2.40. The summed E-state index contributed by atoms with van der Waals surface area (Å²) in [4.78, 5) is 26.8. The van der Waals surface area contributed by atoms with Crippen LogP contribution < -0.4 is 4.90 Å². The van der Waals surface area contributed by atoms with Crippen molar-refractivity contribution in [2.75, 3.05) is 4.90 Å². The minimum Gasteiger partial charge on any atom is -0.274 e. The van der Waals surface area contributed by atoms with Gasteiger partial charge in [0, 0.05) is 0 Å². The maximum atomic E-state index is 13.1. The summed E-state index contributed by atoms with van der Waals surface area (Å²) in [6.07, 6.45) is 0.443. The van der Waals surface area contributed by atoms with Crippen LogP contribution in [0, 0.1) is 35.5 Å². The van der Waals surface area contributed by atoms with Crippen LogP contribution >= 0.6 is 11.6 Å². The molecule has 1 aromatic rings. The van der Waals surface area contributed by atoms with Gasteiger partial charge in [-0.25, -0.2) is 0 Å². The lowest BCUT2D eigenvalue weighted by Gasteiger charge is -2.37. The molecule has 6 rings (SSSR count). The van der Waals surface area contributed by atoms with Gasteiger partial charge in [-0.15, -0.1) is 0 Å². The zero-order valence-corrected chi connectivity index (χ0v) is 13.6. The molecular weight excluding hydrogens is 355 g/mol. The number of imide groups is 1. The first-order valence-corrected chi connectivity index (χ1v) is 8.59. The Hall–Kier alpha value is -1.82. The number of hydrogen-bond donors (Lipinski definition) is 0. The molecule has 6 atom stereocenters. The fourth-order valence-electron chi connectivity index (χ4n) is 5.08. The molecular formula is C18H13ClF3NO2. The van der Waals surface area contributed by atoms with Crippen LogP contribution in [0.1, 0.15) is 12.0 Å². The van der Waals surface area contributed by atoms with Gasteiger partial charge in [0.05, 0.1) is 28.1 Å². The molecule has 1 aliphatic heterocycles. The van der Waals surface area contributed by atoms with Crippen molar-refractivity contribution in [3.63, 3.8) is 0 Å². The molecule has 7 heteroatoms. The van der Waals surface area contributed by atoms with Crippen LogP contribution in [-0.4, -0.2) is 11.8 Å². The molecule has 3 nitrogen and oxygen atoms in total. The van der Waals surface area contributed by atoms with E-state index in [0.717, 1.165) is 23.5 Å². The van der Waals surface area contributed by atoms with E-state index in [2.05, 4.69) is 0 Å². The van der Waals surface area contributed by atoms with Crippen LogP contribution in [0.15, 0.2) is 30.4 Å².